The molecular weight excluding hydrogens is 315 g/mol. The van der Waals surface area contributed by atoms with Crippen molar-refractivity contribution in [2.24, 2.45) is 0 Å². The predicted molar refractivity (Wildman–Crippen MR) is 76.1 cm³/mol. The molecular formula is C13H14BrFN2S. The summed E-state index contributed by atoms with van der Waals surface area (Å²) in [5, 5.41) is 0. The van der Waals surface area contributed by atoms with Crippen LogP contribution in [0.2, 0.25) is 0 Å². The molecule has 1 heterocycles. The van der Waals surface area contributed by atoms with Gasteiger partial charge in [0.15, 0.2) is 0 Å². The molecule has 1 aromatic carbocycles. The second kappa shape index (κ2) is 5.91. The van der Waals surface area contributed by atoms with Crippen LogP contribution in [0.3, 0.4) is 0 Å². The number of rotatable bonds is 4. The van der Waals surface area contributed by atoms with E-state index in [4.69, 9.17) is 0 Å². The summed E-state index contributed by atoms with van der Waals surface area (Å²) in [6.07, 6.45) is 0. The number of aryl methyl sites for hydroxylation is 1. The van der Waals surface area contributed by atoms with E-state index in [2.05, 4.69) is 32.9 Å². The maximum absolute atomic E-state index is 13.1. The third-order valence-electron chi connectivity index (χ3n) is 2.69. The monoisotopic (exact) mass is 328 g/mol. The highest BCUT2D eigenvalue weighted by atomic mass is 79.9. The Kier molecular flexibility index (Phi) is 4.48. The SMILES string of the molecule is Cc1ncsc1CN(C)Cc1ccc(F)c(Br)c1. The number of nitrogens with zero attached hydrogens (tertiary/aromatic N) is 2. The Hall–Kier alpha value is -0.780. The van der Waals surface area contributed by atoms with Crippen molar-refractivity contribution in [2.45, 2.75) is 20.0 Å². The first-order chi connectivity index (χ1) is 8.56. The van der Waals surface area contributed by atoms with Crippen LogP contribution in [0.1, 0.15) is 16.1 Å². The van der Waals surface area contributed by atoms with E-state index in [9.17, 15) is 4.39 Å². The first-order valence-corrected chi connectivity index (χ1v) is 7.25. The number of benzene rings is 1. The van der Waals surface area contributed by atoms with Crippen LogP contribution in [-0.4, -0.2) is 16.9 Å². The number of aromatic nitrogens is 1. The minimum Gasteiger partial charge on any atom is -0.297 e. The highest BCUT2D eigenvalue weighted by Crippen LogP contribution is 2.19. The highest BCUT2D eigenvalue weighted by molar-refractivity contribution is 9.10. The van der Waals surface area contributed by atoms with Crippen LogP contribution in [0.5, 0.6) is 0 Å². The van der Waals surface area contributed by atoms with Crippen molar-refractivity contribution in [1.82, 2.24) is 9.88 Å². The molecule has 2 nitrogen and oxygen atoms in total. The zero-order chi connectivity index (χ0) is 13.1. The van der Waals surface area contributed by atoms with Gasteiger partial charge in [-0.25, -0.2) is 9.37 Å². The first-order valence-electron chi connectivity index (χ1n) is 5.57. The molecule has 0 radical (unpaired) electrons. The fourth-order valence-electron chi connectivity index (χ4n) is 1.73. The van der Waals surface area contributed by atoms with E-state index in [0.29, 0.717) is 4.47 Å². The maximum Gasteiger partial charge on any atom is 0.137 e. The van der Waals surface area contributed by atoms with Crippen LogP contribution < -0.4 is 0 Å². The number of halogens is 2. The fourth-order valence-corrected chi connectivity index (χ4v) is 3.01. The van der Waals surface area contributed by atoms with Crippen molar-refractivity contribution in [2.75, 3.05) is 7.05 Å². The molecule has 0 spiro atoms. The second-order valence-corrected chi connectivity index (χ2v) is 6.08. The molecule has 0 unspecified atom stereocenters. The Morgan fingerprint density at radius 1 is 1.39 bits per heavy atom. The van der Waals surface area contributed by atoms with Gasteiger partial charge in [0, 0.05) is 18.0 Å². The molecule has 0 aliphatic rings. The van der Waals surface area contributed by atoms with Gasteiger partial charge >= 0.3 is 0 Å². The first kappa shape index (κ1) is 13.6. The third-order valence-corrected chi connectivity index (χ3v) is 4.22. The lowest BCUT2D eigenvalue weighted by molar-refractivity contribution is 0.321. The van der Waals surface area contributed by atoms with E-state index in [0.717, 1.165) is 24.3 Å². The molecule has 2 rings (SSSR count). The maximum atomic E-state index is 13.1. The molecule has 0 aliphatic carbocycles. The normalized spacial score (nSPS) is 11.2. The van der Waals surface area contributed by atoms with Crippen molar-refractivity contribution < 1.29 is 4.39 Å². The average Bonchev–Trinajstić information content (AvgIpc) is 2.70. The van der Waals surface area contributed by atoms with E-state index >= 15 is 0 Å². The van der Waals surface area contributed by atoms with Gasteiger partial charge in [0.25, 0.3) is 0 Å². The molecule has 0 saturated carbocycles. The van der Waals surface area contributed by atoms with Crippen molar-refractivity contribution in [1.29, 1.82) is 0 Å². The Bertz CT molecular complexity index is 542. The van der Waals surface area contributed by atoms with Crippen LogP contribution in [0, 0.1) is 12.7 Å². The third kappa shape index (κ3) is 3.37. The van der Waals surface area contributed by atoms with Gasteiger partial charge in [0.2, 0.25) is 0 Å². The highest BCUT2D eigenvalue weighted by Gasteiger charge is 2.07. The van der Waals surface area contributed by atoms with Crippen LogP contribution in [0.15, 0.2) is 28.2 Å². The van der Waals surface area contributed by atoms with E-state index in [1.807, 2.05) is 24.6 Å². The quantitative estimate of drug-likeness (QED) is 0.843. The molecule has 0 aliphatic heterocycles. The van der Waals surface area contributed by atoms with Gasteiger partial charge in [-0.3, -0.25) is 4.90 Å². The predicted octanol–water partition coefficient (Wildman–Crippen LogP) is 3.99. The lowest BCUT2D eigenvalue weighted by Crippen LogP contribution is -2.17. The summed E-state index contributed by atoms with van der Waals surface area (Å²) in [5.41, 5.74) is 4.05. The van der Waals surface area contributed by atoms with Gasteiger partial charge in [-0.1, -0.05) is 6.07 Å². The minimum atomic E-state index is -0.222. The van der Waals surface area contributed by atoms with Gasteiger partial charge < -0.3 is 0 Å². The van der Waals surface area contributed by atoms with Crippen LogP contribution in [-0.2, 0) is 13.1 Å². The molecule has 1 aromatic heterocycles. The van der Waals surface area contributed by atoms with Crippen molar-refractivity contribution >= 4 is 27.3 Å². The molecule has 18 heavy (non-hydrogen) atoms. The van der Waals surface area contributed by atoms with E-state index in [1.165, 1.54) is 10.9 Å². The lowest BCUT2D eigenvalue weighted by atomic mass is 10.2. The van der Waals surface area contributed by atoms with E-state index < -0.39 is 0 Å². The average molecular weight is 329 g/mol. The summed E-state index contributed by atoms with van der Waals surface area (Å²) in [6.45, 7) is 3.68. The Morgan fingerprint density at radius 2 is 2.17 bits per heavy atom. The molecule has 96 valence electrons. The fraction of sp³-hybridized carbons (Fsp3) is 0.308. The zero-order valence-electron chi connectivity index (χ0n) is 10.3. The van der Waals surface area contributed by atoms with Crippen molar-refractivity contribution in [3.63, 3.8) is 0 Å². The second-order valence-electron chi connectivity index (χ2n) is 4.28. The summed E-state index contributed by atoms with van der Waals surface area (Å²) in [6, 6.07) is 5.13. The Morgan fingerprint density at radius 3 is 2.78 bits per heavy atom. The summed E-state index contributed by atoms with van der Waals surface area (Å²) < 4.78 is 13.6. The van der Waals surface area contributed by atoms with Crippen LogP contribution in [0.25, 0.3) is 0 Å². The standard InChI is InChI=1S/C13H14BrFN2S/c1-9-13(18-8-16-9)7-17(2)6-10-3-4-12(15)11(14)5-10/h3-5,8H,6-7H2,1-2H3. The lowest BCUT2D eigenvalue weighted by Gasteiger charge is -2.16. The molecule has 0 saturated heterocycles. The van der Waals surface area contributed by atoms with Gasteiger partial charge in [-0.15, -0.1) is 11.3 Å². The minimum absolute atomic E-state index is 0.222. The number of hydrogen-bond acceptors (Lipinski definition) is 3. The Balaban J connectivity index is 2.01. The molecule has 0 fully saturated rings. The summed E-state index contributed by atoms with van der Waals surface area (Å²) in [7, 11) is 2.05. The molecule has 2 aromatic rings. The summed E-state index contributed by atoms with van der Waals surface area (Å²) in [4.78, 5) is 7.71. The summed E-state index contributed by atoms with van der Waals surface area (Å²) in [5.74, 6) is -0.222. The van der Waals surface area contributed by atoms with Gasteiger partial charge in [0.1, 0.15) is 5.82 Å². The smallest absolute Gasteiger partial charge is 0.137 e. The van der Waals surface area contributed by atoms with Gasteiger partial charge in [-0.05, 0) is 47.6 Å². The molecule has 0 bridgehead atoms. The van der Waals surface area contributed by atoms with Crippen molar-refractivity contribution in [3.05, 3.63) is 50.1 Å². The molecule has 0 N–H and O–H groups in total. The molecule has 0 amide bonds. The van der Waals surface area contributed by atoms with Crippen molar-refractivity contribution in [3.8, 4) is 0 Å². The molecule has 0 atom stereocenters. The zero-order valence-corrected chi connectivity index (χ0v) is 12.7. The van der Waals surface area contributed by atoms with Crippen LogP contribution in [0.4, 0.5) is 4.39 Å². The number of thiazole rings is 1. The topological polar surface area (TPSA) is 16.1 Å². The summed E-state index contributed by atoms with van der Waals surface area (Å²) >= 11 is 4.88. The van der Waals surface area contributed by atoms with E-state index in [-0.39, 0.29) is 5.82 Å². The van der Waals surface area contributed by atoms with Gasteiger partial charge in [0.05, 0.1) is 15.7 Å². The molecule has 5 heteroatoms. The largest absolute Gasteiger partial charge is 0.297 e. The Labute approximate surface area is 119 Å². The number of hydrogen-bond donors (Lipinski definition) is 0. The van der Waals surface area contributed by atoms with Crippen LogP contribution >= 0.6 is 27.3 Å². The van der Waals surface area contributed by atoms with Gasteiger partial charge in [-0.2, -0.15) is 0 Å². The van der Waals surface area contributed by atoms with E-state index in [1.54, 1.807) is 11.3 Å².